The number of para-hydroxylation sites is 1. The van der Waals surface area contributed by atoms with E-state index in [-0.39, 0.29) is 18.1 Å². The molecule has 130 valence electrons. The first kappa shape index (κ1) is 15.8. The molecule has 4 rings (SSSR count). The zero-order valence-electron chi connectivity index (χ0n) is 14.0. The van der Waals surface area contributed by atoms with Crippen LogP contribution in [-0.4, -0.2) is 31.4 Å². The Labute approximate surface area is 143 Å². The molecule has 0 aromatic heterocycles. The van der Waals surface area contributed by atoms with Crippen LogP contribution in [0.2, 0.25) is 0 Å². The van der Waals surface area contributed by atoms with Gasteiger partial charge in [-0.25, -0.2) is 4.79 Å². The Bertz CT molecular complexity index is 592. The molecule has 2 N–H and O–H groups in total. The van der Waals surface area contributed by atoms with Crippen LogP contribution in [-0.2, 0) is 4.74 Å². The van der Waals surface area contributed by atoms with Gasteiger partial charge in [0.1, 0.15) is 5.75 Å². The summed E-state index contributed by atoms with van der Waals surface area (Å²) in [5.74, 6) is 1.37. The van der Waals surface area contributed by atoms with Crippen molar-refractivity contribution in [2.75, 3.05) is 13.2 Å². The van der Waals surface area contributed by atoms with Gasteiger partial charge in [0.15, 0.2) is 0 Å². The van der Waals surface area contributed by atoms with Gasteiger partial charge in [0.05, 0.1) is 18.8 Å². The molecule has 5 nitrogen and oxygen atoms in total. The summed E-state index contributed by atoms with van der Waals surface area (Å²) in [5, 5.41) is 6.39. The number of fused-ring (bicyclic) bond motifs is 2. The van der Waals surface area contributed by atoms with Crippen LogP contribution in [0.4, 0.5) is 4.79 Å². The van der Waals surface area contributed by atoms with E-state index in [1.165, 1.54) is 0 Å². The predicted molar refractivity (Wildman–Crippen MR) is 91.1 cm³/mol. The highest BCUT2D eigenvalue weighted by molar-refractivity contribution is 5.75. The number of hydrogen-bond donors (Lipinski definition) is 2. The van der Waals surface area contributed by atoms with Crippen LogP contribution in [0, 0.1) is 5.92 Å². The Balaban J connectivity index is 1.41. The number of benzene rings is 1. The second-order valence-corrected chi connectivity index (χ2v) is 7.10. The molecule has 2 heterocycles. The van der Waals surface area contributed by atoms with Crippen LogP contribution in [0.3, 0.4) is 0 Å². The molecule has 3 aliphatic rings. The Morgan fingerprint density at radius 3 is 2.88 bits per heavy atom. The first-order valence-corrected chi connectivity index (χ1v) is 9.21. The summed E-state index contributed by atoms with van der Waals surface area (Å²) in [7, 11) is 0. The zero-order chi connectivity index (χ0) is 16.4. The van der Waals surface area contributed by atoms with Gasteiger partial charge in [0, 0.05) is 24.1 Å². The summed E-state index contributed by atoms with van der Waals surface area (Å²) in [4.78, 5) is 12.6. The van der Waals surface area contributed by atoms with E-state index in [4.69, 9.17) is 9.47 Å². The fourth-order valence-corrected chi connectivity index (χ4v) is 4.40. The van der Waals surface area contributed by atoms with E-state index in [2.05, 4.69) is 10.6 Å². The third-order valence-electron chi connectivity index (χ3n) is 5.59. The molecule has 24 heavy (non-hydrogen) atoms. The van der Waals surface area contributed by atoms with Crippen molar-refractivity contribution < 1.29 is 14.3 Å². The molecular weight excluding hydrogens is 304 g/mol. The van der Waals surface area contributed by atoms with Crippen molar-refractivity contribution in [1.82, 2.24) is 10.6 Å². The lowest BCUT2D eigenvalue weighted by Crippen LogP contribution is -2.49. The van der Waals surface area contributed by atoms with E-state index < -0.39 is 0 Å². The summed E-state index contributed by atoms with van der Waals surface area (Å²) in [6.07, 6.45) is 6.59. The maximum atomic E-state index is 12.6. The number of amides is 2. The Hall–Kier alpha value is -1.75. The normalized spacial score (nSPS) is 32.0. The topological polar surface area (TPSA) is 59.6 Å². The number of nitrogens with one attached hydrogen (secondary N) is 2. The maximum Gasteiger partial charge on any atom is 0.315 e. The number of rotatable bonds is 2. The van der Waals surface area contributed by atoms with Gasteiger partial charge < -0.3 is 20.1 Å². The minimum atomic E-state index is -0.0609. The van der Waals surface area contributed by atoms with Crippen molar-refractivity contribution in [1.29, 1.82) is 0 Å². The Morgan fingerprint density at radius 1 is 1.00 bits per heavy atom. The number of carbonyl (C=O) groups is 1. The van der Waals surface area contributed by atoms with Crippen molar-refractivity contribution >= 4 is 6.03 Å². The zero-order valence-corrected chi connectivity index (χ0v) is 14.0. The Kier molecular flexibility index (Phi) is 4.60. The molecule has 4 unspecified atom stereocenters. The molecule has 1 saturated carbocycles. The largest absolute Gasteiger partial charge is 0.493 e. The SMILES string of the molecule is O=C(NC1CCCOc2ccccc21)NC1CCCC2OCCC12. The van der Waals surface area contributed by atoms with Gasteiger partial charge in [-0.05, 0) is 44.6 Å². The van der Waals surface area contributed by atoms with E-state index in [1.54, 1.807) is 0 Å². The van der Waals surface area contributed by atoms with Crippen molar-refractivity contribution in [3.63, 3.8) is 0 Å². The quantitative estimate of drug-likeness (QED) is 0.876. The first-order valence-electron chi connectivity index (χ1n) is 9.21. The fraction of sp³-hybridized carbons (Fsp3) is 0.632. The van der Waals surface area contributed by atoms with E-state index in [9.17, 15) is 4.79 Å². The first-order chi connectivity index (χ1) is 11.8. The molecule has 1 aromatic carbocycles. The van der Waals surface area contributed by atoms with Gasteiger partial charge >= 0.3 is 6.03 Å². The van der Waals surface area contributed by atoms with E-state index in [0.29, 0.717) is 18.6 Å². The average molecular weight is 330 g/mol. The minimum Gasteiger partial charge on any atom is -0.493 e. The van der Waals surface area contributed by atoms with Crippen LogP contribution in [0.1, 0.15) is 50.1 Å². The second kappa shape index (κ2) is 7.01. The summed E-state index contributed by atoms with van der Waals surface area (Å²) in [6.45, 7) is 1.54. The van der Waals surface area contributed by atoms with E-state index in [0.717, 1.165) is 56.4 Å². The van der Waals surface area contributed by atoms with Gasteiger partial charge in [-0.3, -0.25) is 0 Å². The lowest BCUT2D eigenvalue weighted by atomic mass is 9.82. The summed E-state index contributed by atoms with van der Waals surface area (Å²) < 4.78 is 11.6. The maximum absolute atomic E-state index is 12.6. The lowest BCUT2D eigenvalue weighted by molar-refractivity contribution is 0.0548. The number of carbonyl (C=O) groups excluding carboxylic acids is 1. The number of ether oxygens (including phenoxy) is 2. The molecule has 1 aromatic rings. The van der Waals surface area contributed by atoms with Crippen molar-refractivity contribution in [2.24, 2.45) is 5.92 Å². The number of hydrogen-bond acceptors (Lipinski definition) is 3. The summed E-state index contributed by atoms with van der Waals surface area (Å²) >= 11 is 0. The van der Waals surface area contributed by atoms with Crippen LogP contribution in [0.15, 0.2) is 24.3 Å². The second-order valence-electron chi connectivity index (χ2n) is 7.10. The molecule has 0 spiro atoms. The van der Waals surface area contributed by atoms with Gasteiger partial charge in [-0.1, -0.05) is 18.2 Å². The molecular formula is C19H26N2O3. The average Bonchev–Trinajstić information content (AvgIpc) is 2.99. The molecule has 1 aliphatic carbocycles. The van der Waals surface area contributed by atoms with Gasteiger partial charge in [0.2, 0.25) is 0 Å². The molecule has 0 radical (unpaired) electrons. The standard InChI is InChI=1S/C19H26N2O3/c22-19(20-15-6-3-9-18-14(15)10-12-24-18)21-16-7-4-11-23-17-8-2-1-5-13(16)17/h1-2,5,8,14-16,18H,3-4,6-7,9-12H2,(H2,20,21,22). The monoisotopic (exact) mass is 330 g/mol. The third kappa shape index (κ3) is 3.22. The molecule has 4 atom stereocenters. The van der Waals surface area contributed by atoms with Crippen LogP contribution < -0.4 is 15.4 Å². The van der Waals surface area contributed by atoms with Crippen LogP contribution >= 0.6 is 0 Å². The van der Waals surface area contributed by atoms with E-state index in [1.807, 2.05) is 24.3 Å². The smallest absolute Gasteiger partial charge is 0.315 e. The molecule has 5 heteroatoms. The summed E-state index contributed by atoms with van der Waals surface area (Å²) in [6, 6.07) is 8.20. The Morgan fingerprint density at radius 2 is 1.92 bits per heavy atom. The molecule has 2 fully saturated rings. The summed E-state index contributed by atoms with van der Waals surface area (Å²) in [5.41, 5.74) is 1.08. The highest BCUT2D eigenvalue weighted by Gasteiger charge is 2.38. The van der Waals surface area contributed by atoms with Crippen molar-refractivity contribution in [2.45, 2.75) is 56.7 Å². The highest BCUT2D eigenvalue weighted by atomic mass is 16.5. The fourth-order valence-electron chi connectivity index (χ4n) is 4.40. The minimum absolute atomic E-state index is 0.0166. The predicted octanol–water partition coefficient (Wildman–Crippen LogP) is 3.16. The third-order valence-corrected chi connectivity index (χ3v) is 5.59. The molecule has 2 amide bonds. The van der Waals surface area contributed by atoms with Gasteiger partial charge in [-0.15, -0.1) is 0 Å². The molecule has 1 saturated heterocycles. The van der Waals surface area contributed by atoms with Crippen LogP contribution in [0.25, 0.3) is 0 Å². The van der Waals surface area contributed by atoms with Crippen LogP contribution in [0.5, 0.6) is 5.75 Å². The van der Waals surface area contributed by atoms with E-state index >= 15 is 0 Å². The number of urea groups is 1. The highest BCUT2D eigenvalue weighted by Crippen LogP contribution is 2.35. The van der Waals surface area contributed by atoms with Crippen molar-refractivity contribution in [3.05, 3.63) is 29.8 Å². The van der Waals surface area contributed by atoms with Gasteiger partial charge in [-0.2, -0.15) is 0 Å². The van der Waals surface area contributed by atoms with Crippen molar-refractivity contribution in [3.8, 4) is 5.75 Å². The molecule has 2 aliphatic heterocycles. The lowest BCUT2D eigenvalue weighted by Gasteiger charge is -2.33. The van der Waals surface area contributed by atoms with Gasteiger partial charge in [0.25, 0.3) is 0 Å². The molecule has 0 bridgehead atoms.